The van der Waals surface area contributed by atoms with Crippen LogP contribution < -0.4 is 17.0 Å². The summed E-state index contributed by atoms with van der Waals surface area (Å²) in [7, 11) is 0. The molecular formula is C7H5BrOPt-. The van der Waals surface area contributed by atoms with E-state index in [4.69, 9.17) is 0 Å². The standard InChI is InChI=1S/C7H5O.BrH.Pt/c8-6-7-4-2-1-3-5-7;;/h1-5H;1H;/p-1. The van der Waals surface area contributed by atoms with Gasteiger partial charge in [-0.3, -0.25) is 4.79 Å². The van der Waals surface area contributed by atoms with Gasteiger partial charge in [0.1, 0.15) is 0 Å². The summed E-state index contributed by atoms with van der Waals surface area (Å²) < 4.78 is 0. The molecule has 0 aliphatic carbocycles. The molecule has 1 aromatic carbocycles. The maximum atomic E-state index is 9.88. The molecule has 0 spiro atoms. The van der Waals surface area contributed by atoms with Crippen molar-refractivity contribution in [3.05, 3.63) is 35.9 Å². The molecule has 0 heterocycles. The van der Waals surface area contributed by atoms with Crippen LogP contribution in [0.1, 0.15) is 5.56 Å². The van der Waals surface area contributed by atoms with Crippen molar-refractivity contribution in [2.45, 2.75) is 0 Å². The maximum Gasteiger partial charge on any atom is 0.233 e. The summed E-state index contributed by atoms with van der Waals surface area (Å²) in [6, 6.07) is 8.90. The number of hydrogen-bond donors (Lipinski definition) is 0. The predicted octanol–water partition coefficient (Wildman–Crippen LogP) is -1.85. The van der Waals surface area contributed by atoms with Gasteiger partial charge < -0.3 is 17.0 Å². The molecule has 0 aliphatic rings. The third-order valence-corrected chi connectivity index (χ3v) is 0.892. The fraction of sp³-hybridized carbons (Fsp3) is 0. The van der Waals surface area contributed by atoms with E-state index in [9.17, 15) is 4.79 Å². The Morgan fingerprint density at radius 2 is 1.60 bits per heavy atom. The molecule has 0 atom stereocenters. The van der Waals surface area contributed by atoms with Crippen molar-refractivity contribution in [1.29, 1.82) is 0 Å². The van der Waals surface area contributed by atoms with Crippen LogP contribution in [0.4, 0.5) is 0 Å². The number of hydrogen-bond acceptors (Lipinski definition) is 1. The maximum absolute atomic E-state index is 9.88. The molecule has 0 fully saturated rings. The van der Waals surface area contributed by atoms with Crippen LogP contribution in [-0.2, 0) is 25.9 Å². The van der Waals surface area contributed by atoms with Crippen LogP contribution in [0.25, 0.3) is 0 Å². The molecular weight excluding hydrogens is 375 g/mol. The van der Waals surface area contributed by atoms with Gasteiger partial charge in [-0.2, -0.15) is 0 Å². The second-order valence-electron chi connectivity index (χ2n) is 1.47. The molecule has 1 nitrogen and oxygen atoms in total. The minimum absolute atomic E-state index is 0. The van der Waals surface area contributed by atoms with Crippen molar-refractivity contribution in [3.8, 4) is 0 Å². The van der Waals surface area contributed by atoms with Gasteiger partial charge in [-0.1, -0.05) is 30.3 Å². The Kier molecular flexibility index (Phi) is 9.11. The van der Waals surface area contributed by atoms with Gasteiger partial charge in [0.2, 0.25) is 6.29 Å². The molecule has 10 heavy (non-hydrogen) atoms. The van der Waals surface area contributed by atoms with Crippen LogP contribution in [0, 0.1) is 0 Å². The molecule has 1 aromatic rings. The Hall–Kier alpha value is 0.0583. The zero-order chi connectivity index (χ0) is 5.82. The van der Waals surface area contributed by atoms with Gasteiger partial charge in [0.05, 0.1) is 0 Å². The largest absolute Gasteiger partial charge is 1.00 e. The van der Waals surface area contributed by atoms with E-state index >= 15 is 0 Å². The summed E-state index contributed by atoms with van der Waals surface area (Å²) >= 11 is 0. The van der Waals surface area contributed by atoms with Crippen LogP contribution in [0.15, 0.2) is 30.3 Å². The molecule has 1 rings (SSSR count). The minimum Gasteiger partial charge on any atom is -1.00 e. The number of rotatable bonds is 1. The number of benzene rings is 1. The van der Waals surface area contributed by atoms with Crippen molar-refractivity contribution in [2.24, 2.45) is 0 Å². The van der Waals surface area contributed by atoms with Crippen molar-refractivity contribution >= 4 is 6.29 Å². The van der Waals surface area contributed by atoms with Crippen LogP contribution in [0.2, 0.25) is 0 Å². The normalized spacial score (nSPS) is 6.80. The molecule has 1 radical (unpaired) electrons. The molecule has 0 N–H and O–H groups in total. The van der Waals surface area contributed by atoms with Crippen LogP contribution in [0.5, 0.6) is 0 Å². The number of carbonyl (C=O) groups excluding carboxylic acids is 1. The van der Waals surface area contributed by atoms with Gasteiger partial charge in [0.25, 0.3) is 0 Å². The van der Waals surface area contributed by atoms with Gasteiger partial charge in [0.15, 0.2) is 0 Å². The summed E-state index contributed by atoms with van der Waals surface area (Å²) in [6.07, 6.45) is 1.78. The van der Waals surface area contributed by atoms with Gasteiger partial charge in [0, 0.05) is 26.6 Å². The fourth-order valence-corrected chi connectivity index (χ4v) is 0.506. The number of halogens is 1. The third kappa shape index (κ3) is 3.97. The summed E-state index contributed by atoms with van der Waals surface area (Å²) in [6.45, 7) is 0. The first-order valence-corrected chi connectivity index (χ1v) is 2.36. The summed E-state index contributed by atoms with van der Waals surface area (Å²) in [5.41, 5.74) is 0.604. The van der Waals surface area contributed by atoms with Gasteiger partial charge in [-0.15, -0.1) is 0 Å². The summed E-state index contributed by atoms with van der Waals surface area (Å²) in [4.78, 5) is 9.88. The molecule has 0 amide bonds. The second-order valence-corrected chi connectivity index (χ2v) is 1.47. The molecule has 3 heteroatoms. The average molecular weight is 380 g/mol. The zero-order valence-electron chi connectivity index (χ0n) is 4.99. The molecule has 0 saturated heterocycles. The molecule has 0 aromatic heterocycles. The minimum atomic E-state index is 0. The van der Waals surface area contributed by atoms with E-state index in [1.54, 1.807) is 30.6 Å². The zero-order valence-corrected chi connectivity index (χ0v) is 8.85. The predicted molar refractivity (Wildman–Crippen MR) is 31.2 cm³/mol. The van der Waals surface area contributed by atoms with Crippen molar-refractivity contribution in [3.63, 3.8) is 0 Å². The quantitative estimate of drug-likeness (QED) is 0.559. The van der Waals surface area contributed by atoms with E-state index in [2.05, 4.69) is 0 Å². The second kappa shape index (κ2) is 7.17. The van der Waals surface area contributed by atoms with Crippen molar-refractivity contribution in [1.82, 2.24) is 0 Å². The van der Waals surface area contributed by atoms with Crippen LogP contribution in [-0.4, -0.2) is 6.29 Å². The molecule has 57 valence electrons. The molecule has 0 bridgehead atoms. The van der Waals surface area contributed by atoms with Crippen molar-refractivity contribution in [2.75, 3.05) is 0 Å². The van der Waals surface area contributed by atoms with Crippen LogP contribution in [0.3, 0.4) is 0 Å². The Labute approximate surface area is 84.9 Å². The Morgan fingerprint density at radius 1 is 1.10 bits per heavy atom. The first-order valence-electron chi connectivity index (χ1n) is 2.36. The van der Waals surface area contributed by atoms with Gasteiger partial charge >= 0.3 is 0 Å². The molecule has 0 aliphatic heterocycles. The van der Waals surface area contributed by atoms with E-state index in [1.165, 1.54) is 0 Å². The van der Waals surface area contributed by atoms with E-state index < -0.39 is 0 Å². The topological polar surface area (TPSA) is 17.1 Å². The summed E-state index contributed by atoms with van der Waals surface area (Å²) in [5.74, 6) is 0. The van der Waals surface area contributed by atoms with Gasteiger partial charge in [-0.25, -0.2) is 0 Å². The first kappa shape index (κ1) is 12.7. The fourth-order valence-electron chi connectivity index (χ4n) is 0.506. The third-order valence-electron chi connectivity index (χ3n) is 0.892. The molecule has 0 saturated carbocycles. The Balaban J connectivity index is 0. The first-order chi connectivity index (χ1) is 3.93. The van der Waals surface area contributed by atoms with E-state index in [0.29, 0.717) is 5.56 Å². The monoisotopic (exact) mass is 379 g/mol. The Bertz CT molecular complexity index is 176. The SMILES string of the molecule is O=[C]c1ccccc1.[Br-].[Pt]. The summed E-state index contributed by atoms with van der Waals surface area (Å²) in [5, 5.41) is 0. The van der Waals surface area contributed by atoms with E-state index in [1.807, 2.05) is 6.07 Å². The van der Waals surface area contributed by atoms with Crippen molar-refractivity contribution < 1.29 is 42.8 Å². The molecule has 0 unspecified atom stereocenters. The van der Waals surface area contributed by atoms with E-state index in [-0.39, 0.29) is 38.0 Å². The van der Waals surface area contributed by atoms with Crippen LogP contribution >= 0.6 is 0 Å². The smallest absolute Gasteiger partial charge is 0.233 e. The average Bonchev–Trinajstić information content (AvgIpc) is 1.90. The Morgan fingerprint density at radius 3 is 1.90 bits per heavy atom. The van der Waals surface area contributed by atoms with E-state index in [0.717, 1.165) is 0 Å². The van der Waals surface area contributed by atoms with Gasteiger partial charge in [-0.05, 0) is 0 Å².